The summed E-state index contributed by atoms with van der Waals surface area (Å²) in [5, 5.41) is 10.6. The molecule has 1 aliphatic heterocycles. The van der Waals surface area contributed by atoms with Crippen molar-refractivity contribution in [1.82, 2.24) is 0 Å². The lowest BCUT2D eigenvalue weighted by molar-refractivity contribution is 0.432. The Hall–Kier alpha value is -0.0500. The molecule has 1 heterocycles. The smallest absolute Gasteiger partial charge is 0.129 e. The third kappa shape index (κ3) is 20.5. The number of rotatable bonds is 32. The molecule has 0 aromatic rings. The second kappa shape index (κ2) is 27.5. The molecular formula is C38H76N2S. The fraction of sp³-hybridized carbons (Fsp3) is 1.00. The normalized spacial score (nSPS) is 15.7. The van der Waals surface area contributed by atoms with Crippen LogP contribution in [-0.4, -0.2) is 9.74 Å². The Bertz CT molecular complexity index is 491. The zero-order chi connectivity index (χ0) is 29.7. The summed E-state index contributed by atoms with van der Waals surface area (Å²) in [5.74, 6) is 0. The van der Waals surface area contributed by atoms with Crippen molar-refractivity contribution in [2.24, 2.45) is 10.2 Å². The van der Waals surface area contributed by atoms with E-state index >= 15 is 0 Å². The summed E-state index contributed by atoms with van der Waals surface area (Å²) in [7, 11) is 0. The standard InChI is InChI=1S/C38H76N2S/c1-5-9-13-17-21-25-29-33-37(34-30-26-22-18-14-10-6-2)39-40-38(41-37,35-31-27-23-19-15-11-7-3)36-32-28-24-20-16-12-8-4/h5-36H2,1-4H3. The van der Waals surface area contributed by atoms with Crippen molar-refractivity contribution in [3.63, 3.8) is 0 Å². The predicted molar refractivity (Wildman–Crippen MR) is 188 cm³/mol. The van der Waals surface area contributed by atoms with Crippen LogP contribution in [-0.2, 0) is 0 Å². The largest absolute Gasteiger partial charge is 0.175 e. The zero-order valence-electron chi connectivity index (χ0n) is 28.9. The summed E-state index contributed by atoms with van der Waals surface area (Å²) >= 11 is 2.26. The van der Waals surface area contributed by atoms with E-state index in [2.05, 4.69) is 39.5 Å². The Balaban J connectivity index is 2.70. The first-order chi connectivity index (χ1) is 20.2. The first-order valence-electron chi connectivity index (χ1n) is 19.3. The van der Waals surface area contributed by atoms with Crippen LogP contribution in [0.5, 0.6) is 0 Å². The van der Waals surface area contributed by atoms with Crippen molar-refractivity contribution in [2.75, 3.05) is 0 Å². The molecule has 0 unspecified atom stereocenters. The van der Waals surface area contributed by atoms with Gasteiger partial charge in [0.15, 0.2) is 0 Å². The van der Waals surface area contributed by atoms with E-state index in [0.717, 1.165) is 0 Å². The molecule has 2 nitrogen and oxygen atoms in total. The fourth-order valence-corrected chi connectivity index (χ4v) is 8.52. The van der Waals surface area contributed by atoms with E-state index in [1.165, 1.54) is 205 Å². The van der Waals surface area contributed by atoms with Crippen LogP contribution in [0.25, 0.3) is 0 Å². The topological polar surface area (TPSA) is 24.7 Å². The second-order valence-electron chi connectivity index (χ2n) is 13.7. The SMILES string of the molecule is CCCCCCCCCC1(CCCCCCCCC)N=NC(CCCCCCCCC)(CCCCCCCCC)S1. The van der Waals surface area contributed by atoms with Gasteiger partial charge in [-0.3, -0.25) is 0 Å². The maximum atomic E-state index is 5.28. The van der Waals surface area contributed by atoms with Crippen LogP contribution >= 0.6 is 11.8 Å². The minimum Gasteiger partial charge on any atom is -0.175 e. The molecule has 0 atom stereocenters. The van der Waals surface area contributed by atoms with Gasteiger partial charge in [0, 0.05) is 0 Å². The molecule has 0 spiro atoms. The predicted octanol–water partition coefficient (Wildman–Crippen LogP) is 15.1. The summed E-state index contributed by atoms with van der Waals surface area (Å²) in [6, 6.07) is 0. The molecule has 0 bridgehead atoms. The van der Waals surface area contributed by atoms with E-state index in [9.17, 15) is 0 Å². The molecule has 0 fully saturated rings. The van der Waals surface area contributed by atoms with Crippen LogP contribution in [0.4, 0.5) is 0 Å². The van der Waals surface area contributed by atoms with E-state index in [4.69, 9.17) is 10.2 Å². The van der Waals surface area contributed by atoms with Crippen LogP contribution in [0.15, 0.2) is 10.2 Å². The van der Waals surface area contributed by atoms with E-state index in [1.807, 2.05) is 0 Å². The van der Waals surface area contributed by atoms with Gasteiger partial charge in [-0.1, -0.05) is 219 Å². The molecule has 0 saturated heterocycles. The number of azo groups is 1. The maximum absolute atomic E-state index is 5.28. The van der Waals surface area contributed by atoms with Gasteiger partial charge in [-0.25, -0.2) is 0 Å². The highest BCUT2D eigenvalue weighted by atomic mass is 32.2. The molecule has 0 N–H and O–H groups in total. The number of hydrogen-bond donors (Lipinski definition) is 0. The minimum atomic E-state index is 0.0785. The lowest BCUT2D eigenvalue weighted by Gasteiger charge is -2.31. The van der Waals surface area contributed by atoms with E-state index in [0.29, 0.717) is 0 Å². The van der Waals surface area contributed by atoms with Gasteiger partial charge in [-0.2, -0.15) is 10.2 Å². The highest BCUT2D eigenvalue weighted by Gasteiger charge is 2.46. The van der Waals surface area contributed by atoms with Gasteiger partial charge in [0.1, 0.15) is 9.74 Å². The lowest BCUT2D eigenvalue weighted by atomic mass is 10.00. The van der Waals surface area contributed by atoms with Crippen LogP contribution in [0, 0.1) is 0 Å². The zero-order valence-corrected chi connectivity index (χ0v) is 29.7. The van der Waals surface area contributed by atoms with Crippen molar-refractivity contribution in [1.29, 1.82) is 0 Å². The van der Waals surface area contributed by atoms with Gasteiger partial charge in [-0.15, -0.1) is 0 Å². The molecular weight excluding hydrogens is 516 g/mol. The fourth-order valence-electron chi connectivity index (χ4n) is 6.66. The van der Waals surface area contributed by atoms with E-state index < -0.39 is 0 Å². The van der Waals surface area contributed by atoms with Gasteiger partial charge in [0.2, 0.25) is 0 Å². The number of nitrogens with zero attached hydrogens (tertiary/aromatic N) is 2. The third-order valence-electron chi connectivity index (χ3n) is 9.48. The van der Waals surface area contributed by atoms with Crippen molar-refractivity contribution in [3.05, 3.63) is 0 Å². The number of thioether (sulfide) groups is 1. The highest BCUT2D eigenvalue weighted by molar-refractivity contribution is 8.02. The highest BCUT2D eigenvalue weighted by Crippen LogP contribution is 2.55. The molecule has 0 radical (unpaired) electrons. The molecule has 41 heavy (non-hydrogen) atoms. The summed E-state index contributed by atoms with van der Waals surface area (Å²) < 4.78 is 0. The number of unbranched alkanes of at least 4 members (excludes halogenated alkanes) is 24. The Morgan fingerprint density at radius 1 is 0.293 bits per heavy atom. The van der Waals surface area contributed by atoms with Gasteiger partial charge in [-0.05, 0) is 25.7 Å². The Morgan fingerprint density at radius 3 is 0.707 bits per heavy atom. The summed E-state index contributed by atoms with van der Waals surface area (Å²) in [5.41, 5.74) is 0. The molecule has 0 amide bonds. The molecule has 244 valence electrons. The quantitative estimate of drug-likeness (QED) is 0.0713. The Kier molecular flexibility index (Phi) is 26.1. The minimum absolute atomic E-state index is 0.0785. The Morgan fingerprint density at radius 2 is 0.488 bits per heavy atom. The maximum Gasteiger partial charge on any atom is 0.129 e. The molecule has 3 heteroatoms. The summed E-state index contributed by atoms with van der Waals surface area (Å²) in [4.78, 5) is 0.157. The van der Waals surface area contributed by atoms with Crippen molar-refractivity contribution in [3.8, 4) is 0 Å². The molecule has 0 aromatic heterocycles. The molecule has 0 saturated carbocycles. The monoisotopic (exact) mass is 593 g/mol. The number of hydrogen-bond acceptors (Lipinski definition) is 3. The molecule has 0 aliphatic carbocycles. The van der Waals surface area contributed by atoms with Crippen LogP contribution in [0.2, 0.25) is 0 Å². The van der Waals surface area contributed by atoms with E-state index in [-0.39, 0.29) is 9.74 Å². The average molecular weight is 593 g/mol. The van der Waals surface area contributed by atoms with Gasteiger partial charge >= 0.3 is 0 Å². The second-order valence-corrected chi connectivity index (χ2v) is 15.4. The van der Waals surface area contributed by atoms with Gasteiger partial charge in [0.05, 0.1) is 0 Å². The third-order valence-corrected chi connectivity index (χ3v) is 11.2. The van der Waals surface area contributed by atoms with Crippen molar-refractivity contribution in [2.45, 2.75) is 243 Å². The van der Waals surface area contributed by atoms with Crippen LogP contribution in [0.1, 0.15) is 233 Å². The van der Waals surface area contributed by atoms with Gasteiger partial charge < -0.3 is 0 Å². The van der Waals surface area contributed by atoms with Crippen LogP contribution < -0.4 is 0 Å². The first kappa shape index (κ1) is 39.0. The van der Waals surface area contributed by atoms with Crippen LogP contribution in [0.3, 0.4) is 0 Å². The molecule has 0 aromatic carbocycles. The summed E-state index contributed by atoms with van der Waals surface area (Å²) in [6.07, 6.45) is 44.1. The molecule has 1 rings (SSSR count). The van der Waals surface area contributed by atoms with Gasteiger partial charge in [0.25, 0.3) is 0 Å². The first-order valence-corrected chi connectivity index (χ1v) is 20.1. The van der Waals surface area contributed by atoms with Crippen molar-refractivity contribution >= 4 is 11.8 Å². The Labute approximate surface area is 264 Å². The average Bonchev–Trinajstić information content (AvgIpc) is 3.34. The van der Waals surface area contributed by atoms with E-state index in [1.54, 1.807) is 0 Å². The lowest BCUT2D eigenvalue weighted by Crippen LogP contribution is -2.27. The molecule has 1 aliphatic rings. The van der Waals surface area contributed by atoms with Crippen molar-refractivity contribution < 1.29 is 0 Å². The summed E-state index contributed by atoms with van der Waals surface area (Å²) in [6.45, 7) is 9.28.